The van der Waals surface area contributed by atoms with E-state index in [0.29, 0.717) is 35.5 Å². The molecule has 52 heavy (non-hydrogen) atoms. The lowest BCUT2D eigenvalue weighted by Gasteiger charge is -2.25. The Bertz CT molecular complexity index is 2130. The first kappa shape index (κ1) is 35.3. The number of nitrogens with one attached hydrogen (secondary N) is 2. The monoisotopic (exact) mass is 699 g/mol. The van der Waals surface area contributed by atoms with Gasteiger partial charge in [-0.25, -0.2) is 4.98 Å². The Kier molecular flexibility index (Phi) is 10.8. The van der Waals surface area contributed by atoms with Gasteiger partial charge >= 0.3 is 0 Å². The van der Waals surface area contributed by atoms with Crippen LogP contribution in [0.1, 0.15) is 34.7 Å². The third-order valence-electron chi connectivity index (χ3n) is 8.64. The fourth-order valence-corrected chi connectivity index (χ4v) is 6.01. The topological polar surface area (TPSA) is 151 Å². The third kappa shape index (κ3) is 8.07. The van der Waals surface area contributed by atoms with Crippen molar-refractivity contribution in [2.24, 2.45) is 0 Å². The third-order valence-corrected chi connectivity index (χ3v) is 8.64. The number of carbonyl (C=O) groups excluding carboxylic acids is 5. The Morgan fingerprint density at radius 2 is 1.46 bits per heavy atom. The van der Waals surface area contributed by atoms with Gasteiger partial charge in [0.25, 0.3) is 17.6 Å². The van der Waals surface area contributed by atoms with E-state index in [0.717, 1.165) is 11.1 Å². The summed E-state index contributed by atoms with van der Waals surface area (Å²) in [7, 11) is 1.46. The van der Waals surface area contributed by atoms with Crippen LogP contribution in [0.15, 0.2) is 120 Å². The molecule has 0 spiro atoms. The van der Waals surface area contributed by atoms with Crippen molar-refractivity contribution in [1.82, 2.24) is 15.6 Å². The van der Waals surface area contributed by atoms with E-state index >= 15 is 0 Å². The van der Waals surface area contributed by atoms with Gasteiger partial charge in [-0.2, -0.15) is 0 Å². The van der Waals surface area contributed by atoms with Gasteiger partial charge in [-0.15, -0.1) is 0 Å². The maximum absolute atomic E-state index is 14.3. The van der Waals surface area contributed by atoms with Crippen LogP contribution in [0.5, 0.6) is 5.75 Å². The fourth-order valence-electron chi connectivity index (χ4n) is 6.01. The fraction of sp³-hybridized carbons (Fsp3) is 0.200. The molecule has 6 rings (SSSR count). The minimum atomic E-state index is -1.18. The van der Waals surface area contributed by atoms with E-state index in [2.05, 4.69) is 22.2 Å². The molecule has 1 aliphatic rings. The van der Waals surface area contributed by atoms with Gasteiger partial charge in [0, 0.05) is 12.8 Å². The Morgan fingerprint density at radius 1 is 0.827 bits per heavy atom. The number of hydrogen-bond donors (Lipinski definition) is 2. The summed E-state index contributed by atoms with van der Waals surface area (Å²) in [4.78, 5) is 75.0. The van der Waals surface area contributed by atoms with Crippen molar-refractivity contribution in [2.75, 3.05) is 30.0 Å². The molecule has 0 aliphatic carbocycles. The number of oxazole rings is 1. The molecule has 0 fully saturated rings. The molecule has 0 radical (unpaired) electrons. The zero-order valence-electron chi connectivity index (χ0n) is 28.5. The van der Waals surface area contributed by atoms with Crippen LogP contribution in [-0.2, 0) is 32.0 Å². The van der Waals surface area contributed by atoms with E-state index in [1.165, 1.54) is 16.9 Å². The van der Waals surface area contributed by atoms with E-state index < -0.39 is 30.2 Å². The second-order valence-electron chi connectivity index (χ2n) is 12.2. The van der Waals surface area contributed by atoms with E-state index in [4.69, 9.17) is 9.15 Å². The van der Waals surface area contributed by atoms with Gasteiger partial charge in [-0.05, 0) is 48.2 Å². The second kappa shape index (κ2) is 16.0. The zero-order chi connectivity index (χ0) is 36.6. The average molecular weight is 700 g/mol. The van der Waals surface area contributed by atoms with Crippen LogP contribution in [0.25, 0.3) is 11.1 Å². The van der Waals surface area contributed by atoms with Crippen molar-refractivity contribution in [3.8, 4) is 5.75 Å². The summed E-state index contributed by atoms with van der Waals surface area (Å²) in [5, 5.41) is 5.28. The van der Waals surface area contributed by atoms with Gasteiger partial charge in [0.05, 0.1) is 30.7 Å². The number of benzene rings is 4. The van der Waals surface area contributed by atoms with E-state index in [1.54, 1.807) is 42.5 Å². The van der Waals surface area contributed by atoms with Crippen LogP contribution < -0.4 is 25.2 Å². The Hall–Kier alpha value is -6.56. The number of rotatable bonds is 13. The predicted octanol–water partition coefficient (Wildman–Crippen LogP) is 4.78. The molecule has 2 heterocycles. The van der Waals surface area contributed by atoms with Crippen molar-refractivity contribution < 1.29 is 33.1 Å². The van der Waals surface area contributed by atoms with Crippen LogP contribution in [0, 0.1) is 0 Å². The number of fused-ring (bicyclic) bond motifs is 2. The average Bonchev–Trinajstić information content (AvgIpc) is 3.58. The van der Waals surface area contributed by atoms with Crippen LogP contribution >= 0.6 is 0 Å². The predicted molar refractivity (Wildman–Crippen MR) is 195 cm³/mol. The molecule has 0 saturated carbocycles. The summed E-state index contributed by atoms with van der Waals surface area (Å²) in [5.41, 5.74) is 2.95. The number of allylic oxidation sites excluding steroid dienone is 1. The molecular weight excluding hydrogens is 662 g/mol. The maximum atomic E-state index is 14.3. The van der Waals surface area contributed by atoms with Gasteiger partial charge < -0.3 is 24.7 Å². The summed E-state index contributed by atoms with van der Waals surface area (Å²) in [5.74, 6) is -2.68. The highest BCUT2D eigenvalue weighted by molar-refractivity contribution is 6.12. The van der Waals surface area contributed by atoms with Crippen molar-refractivity contribution in [3.63, 3.8) is 0 Å². The largest absolute Gasteiger partial charge is 0.493 e. The number of carbonyl (C=O) groups is 5. The Morgan fingerprint density at radius 3 is 2.13 bits per heavy atom. The van der Waals surface area contributed by atoms with Crippen molar-refractivity contribution in [1.29, 1.82) is 0 Å². The number of methoxy groups -OCH3 is 1. The molecule has 2 N–H and O–H groups in total. The highest BCUT2D eigenvalue weighted by Gasteiger charge is 2.37. The minimum absolute atomic E-state index is 0.104. The molecule has 5 aromatic rings. The number of aryl methyl sites for hydroxylation is 2. The molecule has 1 aliphatic heterocycles. The molecule has 12 nitrogen and oxygen atoms in total. The normalized spacial score (nSPS) is 13.9. The number of anilines is 2. The molecule has 1 aromatic heterocycles. The second-order valence-corrected chi connectivity index (χ2v) is 12.2. The lowest BCUT2D eigenvalue weighted by Crippen LogP contribution is -2.54. The summed E-state index contributed by atoms with van der Waals surface area (Å²) in [6, 6.07) is 29.6. The SMILES string of the molecule is C=C(NC(=O)CN1C(=O)C(NC(=O)CCc2ccccc2)CN(C(=O)CCc2ccccc2)c2ccccc21)C(=O)c1nc2cccc(OC)c2o1. The number of hydrogen-bond acceptors (Lipinski definition) is 8. The van der Waals surface area contributed by atoms with Gasteiger partial charge in [0.1, 0.15) is 18.1 Å². The molecule has 264 valence electrons. The first-order chi connectivity index (χ1) is 25.2. The minimum Gasteiger partial charge on any atom is -0.493 e. The van der Waals surface area contributed by atoms with Gasteiger partial charge in [0.2, 0.25) is 17.7 Å². The van der Waals surface area contributed by atoms with Gasteiger partial charge in [-0.3, -0.25) is 28.9 Å². The maximum Gasteiger partial charge on any atom is 0.271 e. The number of para-hydroxylation sites is 3. The van der Waals surface area contributed by atoms with Gasteiger partial charge in [-0.1, -0.05) is 85.4 Å². The Labute approximate surface area is 300 Å². The lowest BCUT2D eigenvalue weighted by molar-refractivity contribution is -0.128. The van der Waals surface area contributed by atoms with E-state index in [9.17, 15) is 24.0 Å². The number of ether oxygens (including phenoxy) is 1. The highest BCUT2D eigenvalue weighted by atomic mass is 16.5. The molecule has 12 heteroatoms. The quantitative estimate of drug-likeness (QED) is 0.132. The van der Waals surface area contributed by atoms with Crippen LogP contribution in [0.4, 0.5) is 11.4 Å². The molecule has 1 unspecified atom stereocenters. The first-order valence-electron chi connectivity index (χ1n) is 16.8. The van der Waals surface area contributed by atoms with Gasteiger partial charge in [0.15, 0.2) is 11.3 Å². The molecular formula is C40H37N5O7. The summed E-state index contributed by atoms with van der Waals surface area (Å²) in [6.45, 7) is 3.02. The highest BCUT2D eigenvalue weighted by Crippen LogP contribution is 2.33. The zero-order valence-corrected chi connectivity index (χ0v) is 28.5. The van der Waals surface area contributed by atoms with Crippen molar-refractivity contribution in [3.05, 3.63) is 132 Å². The number of amides is 4. The number of nitrogens with zero attached hydrogens (tertiary/aromatic N) is 3. The van der Waals surface area contributed by atoms with Crippen molar-refractivity contribution in [2.45, 2.75) is 31.7 Å². The Balaban J connectivity index is 1.23. The van der Waals surface area contributed by atoms with E-state index in [-0.39, 0.29) is 48.4 Å². The van der Waals surface area contributed by atoms with Crippen LogP contribution in [-0.4, -0.2) is 60.6 Å². The summed E-state index contributed by atoms with van der Waals surface area (Å²) >= 11 is 0. The molecule has 4 aromatic carbocycles. The number of ketones is 1. The van der Waals surface area contributed by atoms with Crippen LogP contribution in [0.3, 0.4) is 0 Å². The standard InChI is InChI=1S/C40H37N5O7/c1-26(37(49)39-43-29-16-11-19-33(51-2)38(29)52-39)41-35(47)25-45-32-18-10-9-17-31(32)44(36(48)23-21-28-14-7-4-8-15-28)24-30(40(45)50)42-34(46)22-20-27-12-5-3-6-13-27/h3-19,30H,1,20-25H2,2H3,(H,41,47)(H,42,46). The molecule has 0 saturated heterocycles. The molecule has 4 amide bonds. The van der Waals surface area contributed by atoms with Crippen molar-refractivity contribution >= 4 is 51.9 Å². The summed E-state index contributed by atoms with van der Waals surface area (Å²) < 4.78 is 10.9. The molecule has 1 atom stereocenters. The van der Waals surface area contributed by atoms with E-state index in [1.807, 2.05) is 60.7 Å². The first-order valence-corrected chi connectivity index (χ1v) is 16.8. The lowest BCUT2D eigenvalue weighted by atomic mass is 10.1. The summed E-state index contributed by atoms with van der Waals surface area (Å²) in [6.07, 6.45) is 1.16. The van der Waals surface area contributed by atoms with Crippen LogP contribution in [0.2, 0.25) is 0 Å². The number of Topliss-reactive ketones (excluding diaryl/α,β-unsaturated/α-hetero) is 1. The molecule has 0 bridgehead atoms. The smallest absolute Gasteiger partial charge is 0.271 e. The number of aromatic nitrogens is 1.